The Hall–Kier alpha value is -1.71. The molecule has 0 radical (unpaired) electrons. The van der Waals surface area contributed by atoms with E-state index >= 15 is 0 Å². The highest BCUT2D eigenvalue weighted by molar-refractivity contribution is 7.11. The summed E-state index contributed by atoms with van der Waals surface area (Å²) >= 11 is 1.86. The fourth-order valence-electron chi connectivity index (χ4n) is 2.48. The van der Waals surface area contributed by atoms with E-state index < -0.39 is 0 Å². The van der Waals surface area contributed by atoms with Crippen LogP contribution < -0.4 is 5.73 Å². The van der Waals surface area contributed by atoms with Crippen LogP contribution in [-0.2, 0) is 12.8 Å². The molecule has 0 saturated heterocycles. The molecule has 0 saturated carbocycles. The van der Waals surface area contributed by atoms with E-state index in [1.54, 1.807) is 0 Å². The van der Waals surface area contributed by atoms with Crippen molar-refractivity contribution >= 4 is 22.2 Å². The Bertz CT molecular complexity index is 712. The molecule has 20 heavy (non-hydrogen) atoms. The second-order valence-electron chi connectivity index (χ2n) is 4.95. The van der Waals surface area contributed by atoms with E-state index in [-0.39, 0.29) is 6.04 Å². The first-order valence-electron chi connectivity index (χ1n) is 6.94. The van der Waals surface area contributed by atoms with Crippen molar-refractivity contribution in [3.63, 3.8) is 0 Å². The average molecular weight is 282 g/mol. The molecule has 0 fully saturated rings. The number of nitrogens with zero attached hydrogens (tertiary/aromatic N) is 1. The first-order valence-corrected chi connectivity index (χ1v) is 7.76. The zero-order valence-electron chi connectivity index (χ0n) is 11.5. The molecule has 0 aliphatic carbocycles. The minimum Gasteiger partial charge on any atom is -0.324 e. The summed E-state index contributed by atoms with van der Waals surface area (Å²) in [5.74, 6) is 0. The molecule has 102 valence electrons. The third-order valence-electron chi connectivity index (χ3n) is 3.55. The third kappa shape index (κ3) is 2.60. The predicted molar refractivity (Wildman–Crippen MR) is 86.1 cm³/mol. The lowest BCUT2D eigenvalue weighted by atomic mass is 10.0. The van der Waals surface area contributed by atoms with Gasteiger partial charge in [0.25, 0.3) is 0 Å². The van der Waals surface area contributed by atoms with Crippen molar-refractivity contribution in [1.29, 1.82) is 0 Å². The summed E-state index contributed by atoms with van der Waals surface area (Å²) in [5, 5.41) is 1.15. The number of hydrogen-bond donors (Lipinski definition) is 1. The van der Waals surface area contributed by atoms with Crippen LogP contribution in [0.5, 0.6) is 0 Å². The highest BCUT2D eigenvalue weighted by Crippen LogP contribution is 2.26. The number of para-hydroxylation sites is 1. The van der Waals surface area contributed by atoms with Gasteiger partial charge in [-0.05, 0) is 30.2 Å². The van der Waals surface area contributed by atoms with Crippen molar-refractivity contribution in [3.8, 4) is 0 Å². The van der Waals surface area contributed by atoms with Crippen molar-refractivity contribution in [2.24, 2.45) is 5.73 Å². The lowest BCUT2D eigenvalue weighted by Crippen LogP contribution is -2.13. The molecule has 0 amide bonds. The van der Waals surface area contributed by atoms with Gasteiger partial charge in [0, 0.05) is 33.8 Å². The average Bonchev–Trinajstić information content (AvgIpc) is 2.94. The van der Waals surface area contributed by atoms with Crippen molar-refractivity contribution < 1.29 is 0 Å². The van der Waals surface area contributed by atoms with Gasteiger partial charge in [-0.3, -0.25) is 4.98 Å². The highest BCUT2D eigenvalue weighted by atomic mass is 32.1. The first kappa shape index (κ1) is 13.3. The summed E-state index contributed by atoms with van der Waals surface area (Å²) in [6.45, 7) is 2.18. The largest absolute Gasteiger partial charge is 0.324 e. The second kappa shape index (κ2) is 5.73. The van der Waals surface area contributed by atoms with Crippen LogP contribution in [0.3, 0.4) is 0 Å². The number of thiophene rings is 1. The molecule has 0 spiro atoms. The molecule has 3 heteroatoms. The van der Waals surface area contributed by atoms with Gasteiger partial charge in [0.2, 0.25) is 0 Å². The summed E-state index contributed by atoms with van der Waals surface area (Å²) in [5.41, 5.74) is 8.57. The third-order valence-corrected chi connectivity index (χ3v) is 4.80. The van der Waals surface area contributed by atoms with Crippen LogP contribution in [-0.4, -0.2) is 4.98 Å². The predicted octanol–water partition coefficient (Wildman–Crippen LogP) is 4.10. The Balaban J connectivity index is 1.90. The zero-order chi connectivity index (χ0) is 13.9. The lowest BCUT2D eigenvalue weighted by molar-refractivity contribution is 0.735. The van der Waals surface area contributed by atoms with Crippen LogP contribution in [0.25, 0.3) is 10.9 Å². The monoisotopic (exact) mass is 282 g/mol. The molecule has 0 bridgehead atoms. The van der Waals surface area contributed by atoms with E-state index in [4.69, 9.17) is 5.73 Å². The number of rotatable bonds is 4. The maximum Gasteiger partial charge on any atom is 0.0749 e. The molecule has 3 aromatic rings. The van der Waals surface area contributed by atoms with E-state index in [9.17, 15) is 0 Å². The Kier molecular flexibility index (Phi) is 3.81. The van der Waals surface area contributed by atoms with Gasteiger partial charge in [0.15, 0.2) is 0 Å². The quantitative estimate of drug-likeness (QED) is 0.782. The van der Waals surface area contributed by atoms with Gasteiger partial charge < -0.3 is 5.73 Å². The molecule has 1 unspecified atom stereocenters. The molecule has 2 heterocycles. The zero-order valence-corrected chi connectivity index (χ0v) is 12.4. The minimum atomic E-state index is -0.00282. The summed E-state index contributed by atoms with van der Waals surface area (Å²) in [7, 11) is 0. The Morgan fingerprint density at radius 1 is 1.10 bits per heavy atom. The Morgan fingerprint density at radius 3 is 2.70 bits per heavy atom. The van der Waals surface area contributed by atoms with Gasteiger partial charge in [-0.2, -0.15) is 0 Å². The molecule has 3 rings (SSSR count). The van der Waals surface area contributed by atoms with Crippen molar-refractivity contribution in [2.75, 3.05) is 0 Å². The molecule has 2 nitrogen and oxygen atoms in total. The summed E-state index contributed by atoms with van der Waals surface area (Å²) in [4.78, 5) is 7.26. The van der Waals surface area contributed by atoms with Gasteiger partial charge in [0.1, 0.15) is 0 Å². The maximum absolute atomic E-state index is 6.41. The summed E-state index contributed by atoms with van der Waals surface area (Å²) < 4.78 is 0. The van der Waals surface area contributed by atoms with Crippen LogP contribution in [0, 0.1) is 0 Å². The molecular formula is C17H18N2S. The van der Waals surface area contributed by atoms with E-state index in [1.165, 1.54) is 9.75 Å². The Labute approximate surface area is 123 Å². The number of benzene rings is 1. The molecule has 2 aromatic heterocycles. The molecule has 0 aliphatic rings. The Morgan fingerprint density at radius 2 is 1.90 bits per heavy atom. The number of aromatic nitrogens is 1. The van der Waals surface area contributed by atoms with Gasteiger partial charge >= 0.3 is 0 Å². The SMILES string of the molecule is CCc1ccc(CC(N)c2cccc3cccnc23)s1. The number of pyridine rings is 1. The van der Waals surface area contributed by atoms with E-state index in [0.29, 0.717) is 0 Å². The summed E-state index contributed by atoms with van der Waals surface area (Å²) in [6, 6.07) is 14.7. The lowest BCUT2D eigenvalue weighted by Gasteiger charge is -2.13. The smallest absolute Gasteiger partial charge is 0.0749 e. The second-order valence-corrected chi connectivity index (χ2v) is 6.21. The van der Waals surface area contributed by atoms with Crippen LogP contribution in [0.2, 0.25) is 0 Å². The van der Waals surface area contributed by atoms with Crippen molar-refractivity contribution in [3.05, 3.63) is 64.0 Å². The molecular weight excluding hydrogens is 264 g/mol. The van der Waals surface area contributed by atoms with Crippen LogP contribution in [0.15, 0.2) is 48.7 Å². The van der Waals surface area contributed by atoms with Crippen LogP contribution in [0.1, 0.15) is 28.3 Å². The topological polar surface area (TPSA) is 38.9 Å². The normalized spacial score (nSPS) is 12.7. The van der Waals surface area contributed by atoms with Gasteiger partial charge in [-0.25, -0.2) is 0 Å². The first-order chi connectivity index (χ1) is 9.78. The highest BCUT2D eigenvalue weighted by Gasteiger charge is 2.12. The summed E-state index contributed by atoms with van der Waals surface area (Å²) in [6.07, 6.45) is 3.80. The van der Waals surface area contributed by atoms with Crippen LogP contribution in [0.4, 0.5) is 0 Å². The van der Waals surface area contributed by atoms with Gasteiger partial charge in [-0.15, -0.1) is 11.3 Å². The fraction of sp³-hybridized carbons (Fsp3) is 0.235. The number of aryl methyl sites for hydroxylation is 1. The van der Waals surface area contributed by atoms with Gasteiger partial charge in [-0.1, -0.05) is 31.2 Å². The molecule has 1 aromatic carbocycles. The number of fused-ring (bicyclic) bond motifs is 1. The number of hydrogen-bond acceptors (Lipinski definition) is 3. The molecule has 0 aliphatic heterocycles. The number of nitrogens with two attached hydrogens (primary N) is 1. The maximum atomic E-state index is 6.41. The van der Waals surface area contributed by atoms with Crippen molar-refractivity contribution in [2.45, 2.75) is 25.8 Å². The van der Waals surface area contributed by atoms with E-state index in [2.05, 4.69) is 48.3 Å². The minimum absolute atomic E-state index is 0.00282. The van der Waals surface area contributed by atoms with Gasteiger partial charge in [0.05, 0.1) is 5.52 Å². The molecule has 1 atom stereocenters. The van der Waals surface area contributed by atoms with Crippen LogP contribution >= 0.6 is 11.3 Å². The molecule has 2 N–H and O–H groups in total. The standard InChI is InChI=1S/C17H18N2S/c1-2-13-8-9-14(20-13)11-16(18)15-7-3-5-12-6-4-10-19-17(12)15/h3-10,16H,2,11,18H2,1H3. The van der Waals surface area contributed by atoms with E-state index in [1.807, 2.05) is 23.6 Å². The van der Waals surface area contributed by atoms with Crippen molar-refractivity contribution in [1.82, 2.24) is 4.98 Å². The van der Waals surface area contributed by atoms with E-state index in [0.717, 1.165) is 29.3 Å². The fourth-order valence-corrected chi connectivity index (χ4v) is 3.49.